The van der Waals surface area contributed by atoms with E-state index < -0.39 is 0 Å². The fraction of sp³-hybridized carbons (Fsp3) is 0.933. The Labute approximate surface area is 118 Å². The minimum absolute atomic E-state index is 0.0104. The molecular formula is C15H31N3O. The molecule has 1 N–H and O–H groups in total. The summed E-state index contributed by atoms with van der Waals surface area (Å²) >= 11 is 0. The van der Waals surface area contributed by atoms with Crippen molar-refractivity contribution in [2.24, 2.45) is 5.41 Å². The summed E-state index contributed by atoms with van der Waals surface area (Å²) in [7, 11) is 3.87. The maximum atomic E-state index is 12.7. The molecule has 1 aliphatic rings. The van der Waals surface area contributed by atoms with E-state index in [4.69, 9.17) is 0 Å². The molecule has 1 rings (SSSR count). The Morgan fingerprint density at radius 2 is 1.89 bits per heavy atom. The molecule has 19 heavy (non-hydrogen) atoms. The van der Waals surface area contributed by atoms with Gasteiger partial charge in [0.15, 0.2) is 0 Å². The molecule has 1 atom stereocenters. The van der Waals surface area contributed by atoms with Gasteiger partial charge < -0.3 is 10.2 Å². The van der Waals surface area contributed by atoms with Crippen molar-refractivity contribution < 1.29 is 4.79 Å². The zero-order chi connectivity index (χ0) is 14.8. The normalized spacial score (nSPS) is 25.5. The van der Waals surface area contributed by atoms with Crippen LogP contribution in [0.1, 0.15) is 41.0 Å². The Kier molecular flexibility index (Phi) is 5.02. The van der Waals surface area contributed by atoms with Crippen LogP contribution in [0.5, 0.6) is 0 Å². The number of nitrogens with zero attached hydrogens (tertiary/aromatic N) is 2. The summed E-state index contributed by atoms with van der Waals surface area (Å²) in [5.74, 6) is 0.260. The average molecular weight is 269 g/mol. The van der Waals surface area contributed by atoms with Crippen LogP contribution in [0.4, 0.5) is 0 Å². The van der Waals surface area contributed by atoms with Crippen molar-refractivity contribution in [3.05, 3.63) is 0 Å². The average Bonchev–Trinajstić information content (AvgIpc) is 2.32. The van der Waals surface area contributed by atoms with Gasteiger partial charge in [0.2, 0.25) is 5.91 Å². The van der Waals surface area contributed by atoms with Crippen molar-refractivity contribution in [2.75, 3.05) is 33.7 Å². The van der Waals surface area contributed by atoms with E-state index in [0.717, 1.165) is 26.1 Å². The summed E-state index contributed by atoms with van der Waals surface area (Å²) in [6.45, 7) is 13.8. The monoisotopic (exact) mass is 269 g/mol. The number of likely N-dealkylation sites (N-methyl/N-ethyl adjacent to an activating group) is 1. The molecule has 1 fully saturated rings. The largest absolute Gasteiger partial charge is 0.344 e. The van der Waals surface area contributed by atoms with Crippen LogP contribution < -0.4 is 5.32 Å². The zero-order valence-electron chi connectivity index (χ0n) is 13.7. The van der Waals surface area contributed by atoms with Gasteiger partial charge in [-0.3, -0.25) is 9.69 Å². The second kappa shape index (κ2) is 5.80. The summed E-state index contributed by atoms with van der Waals surface area (Å²) in [6.07, 6.45) is 0.868. The first kappa shape index (κ1) is 16.4. The third kappa shape index (κ3) is 4.18. The number of carbonyl (C=O) groups excluding carboxylic acids is 1. The van der Waals surface area contributed by atoms with Gasteiger partial charge in [0.05, 0.1) is 6.04 Å². The third-order valence-electron chi connectivity index (χ3n) is 3.83. The standard InChI is InChI=1S/C15H31N3O/c1-14(2,3)18-11-15(4,5)10-17(7)13(19)12(18)8-9-16-6/h12,16H,8-11H2,1-7H3. The van der Waals surface area contributed by atoms with Gasteiger partial charge in [-0.25, -0.2) is 0 Å². The van der Waals surface area contributed by atoms with E-state index in [1.54, 1.807) is 0 Å². The summed E-state index contributed by atoms with van der Waals surface area (Å²) < 4.78 is 0. The summed E-state index contributed by atoms with van der Waals surface area (Å²) in [5.41, 5.74) is 0.141. The van der Waals surface area contributed by atoms with Gasteiger partial charge in [-0.05, 0) is 46.2 Å². The number of hydrogen-bond donors (Lipinski definition) is 1. The van der Waals surface area contributed by atoms with E-state index in [9.17, 15) is 4.79 Å². The molecule has 1 amide bonds. The van der Waals surface area contributed by atoms with E-state index in [2.05, 4.69) is 44.8 Å². The fourth-order valence-corrected chi connectivity index (χ4v) is 2.99. The Balaban J connectivity index is 3.07. The Bertz CT molecular complexity index is 320. The lowest BCUT2D eigenvalue weighted by molar-refractivity contribution is -0.136. The van der Waals surface area contributed by atoms with Gasteiger partial charge in [0.25, 0.3) is 0 Å². The number of carbonyl (C=O) groups is 1. The molecule has 0 radical (unpaired) electrons. The van der Waals surface area contributed by atoms with Gasteiger partial charge >= 0.3 is 0 Å². The first-order chi connectivity index (χ1) is 8.58. The van der Waals surface area contributed by atoms with Gasteiger partial charge in [0, 0.05) is 25.7 Å². The maximum absolute atomic E-state index is 12.7. The van der Waals surface area contributed by atoms with E-state index in [0.29, 0.717) is 0 Å². The molecule has 0 aromatic carbocycles. The smallest absolute Gasteiger partial charge is 0.239 e. The van der Waals surface area contributed by atoms with E-state index in [1.807, 2.05) is 19.0 Å². The second-order valence-corrected chi connectivity index (χ2v) is 7.57. The molecule has 0 aliphatic carbocycles. The van der Waals surface area contributed by atoms with Gasteiger partial charge in [-0.2, -0.15) is 0 Å². The van der Waals surface area contributed by atoms with Crippen LogP contribution in [-0.2, 0) is 4.79 Å². The highest BCUT2D eigenvalue weighted by atomic mass is 16.2. The fourth-order valence-electron chi connectivity index (χ4n) is 2.99. The van der Waals surface area contributed by atoms with Gasteiger partial charge in [-0.15, -0.1) is 0 Å². The molecule has 0 aromatic rings. The molecule has 4 heteroatoms. The predicted octanol–water partition coefficient (Wildman–Crippen LogP) is 1.56. The number of nitrogens with one attached hydrogen (secondary N) is 1. The highest BCUT2D eigenvalue weighted by molar-refractivity contribution is 5.82. The first-order valence-corrected chi connectivity index (χ1v) is 7.25. The highest BCUT2D eigenvalue weighted by Gasteiger charge is 2.41. The van der Waals surface area contributed by atoms with Crippen LogP contribution in [0.2, 0.25) is 0 Å². The lowest BCUT2D eigenvalue weighted by Crippen LogP contribution is -2.54. The predicted molar refractivity (Wildman–Crippen MR) is 80.2 cm³/mol. The van der Waals surface area contributed by atoms with E-state index >= 15 is 0 Å². The molecule has 0 aromatic heterocycles. The topological polar surface area (TPSA) is 35.6 Å². The van der Waals surface area contributed by atoms with Gasteiger partial charge in [-0.1, -0.05) is 13.8 Å². The second-order valence-electron chi connectivity index (χ2n) is 7.57. The van der Waals surface area contributed by atoms with Crippen molar-refractivity contribution in [3.63, 3.8) is 0 Å². The molecule has 112 valence electrons. The van der Waals surface area contributed by atoms with Crippen LogP contribution in [0.3, 0.4) is 0 Å². The molecule has 0 bridgehead atoms. The zero-order valence-corrected chi connectivity index (χ0v) is 13.7. The van der Waals surface area contributed by atoms with Crippen molar-refractivity contribution >= 4 is 5.91 Å². The van der Waals surface area contributed by atoms with Crippen LogP contribution in [-0.4, -0.2) is 61.0 Å². The van der Waals surface area contributed by atoms with Crippen molar-refractivity contribution in [3.8, 4) is 0 Å². The lowest BCUT2D eigenvalue weighted by atomic mass is 9.90. The highest BCUT2D eigenvalue weighted by Crippen LogP contribution is 2.30. The molecule has 1 aliphatic heterocycles. The van der Waals surface area contributed by atoms with Crippen LogP contribution in [0.15, 0.2) is 0 Å². The Morgan fingerprint density at radius 3 is 2.37 bits per heavy atom. The number of amides is 1. The minimum Gasteiger partial charge on any atom is -0.344 e. The molecule has 0 saturated carbocycles. The minimum atomic E-state index is -0.0146. The van der Waals surface area contributed by atoms with Crippen LogP contribution >= 0.6 is 0 Å². The quantitative estimate of drug-likeness (QED) is 0.844. The number of rotatable bonds is 3. The third-order valence-corrected chi connectivity index (χ3v) is 3.83. The van der Waals surface area contributed by atoms with Crippen molar-refractivity contribution in [1.82, 2.24) is 15.1 Å². The molecule has 0 spiro atoms. The molecule has 1 saturated heterocycles. The molecular weight excluding hydrogens is 238 g/mol. The summed E-state index contributed by atoms with van der Waals surface area (Å²) in [4.78, 5) is 16.9. The lowest BCUT2D eigenvalue weighted by Gasteiger charge is -2.42. The first-order valence-electron chi connectivity index (χ1n) is 7.25. The van der Waals surface area contributed by atoms with E-state index in [1.165, 1.54) is 0 Å². The molecule has 4 nitrogen and oxygen atoms in total. The number of hydrogen-bond acceptors (Lipinski definition) is 3. The Hall–Kier alpha value is -0.610. The SMILES string of the molecule is CNCCC1C(=O)N(C)CC(C)(C)CN1C(C)(C)C. The maximum Gasteiger partial charge on any atom is 0.239 e. The Morgan fingerprint density at radius 1 is 1.32 bits per heavy atom. The van der Waals surface area contributed by atoms with Crippen LogP contribution in [0, 0.1) is 5.41 Å². The molecule has 1 heterocycles. The molecule has 1 unspecified atom stereocenters. The van der Waals surface area contributed by atoms with Gasteiger partial charge in [0.1, 0.15) is 0 Å². The van der Waals surface area contributed by atoms with Crippen molar-refractivity contribution in [2.45, 2.75) is 52.6 Å². The van der Waals surface area contributed by atoms with Crippen molar-refractivity contribution in [1.29, 1.82) is 0 Å². The van der Waals surface area contributed by atoms with Crippen LogP contribution in [0.25, 0.3) is 0 Å². The summed E-state index contributed by atoms with van der Waals surface area (Å²) in [5, 5.41) is 3.17. The van der Waals surface area contributed by atoms with E-state index in [-0.39, 0.29) is 22.9 Å². The summed E-state index contributed by atoms with van der Waals surface area (Å²) in [6, 6.07) is -0.0146.